The number of rotatable bonds is 15. The third kappa shape index (κ3) is 7.00. The number of benzene rings is 4. The number of hydrogen-bond acceptors (Lipinski definition) is 14. The molecule has 276 valence electrons. The van der Waals surface area contributed by atoms with Crippen LogP contribution in [0.15, 0.2) is 92.1 Å². The SMILES string of the molecule is COc1cc(OC)c2c(=O)c(OCCCSc3nc4ccccc4n3S(=O)(=O)c3ccc([N+](=O)[O-])cc3)c(-c3cc(OC)c(OC)c(OC)c3)oc2c1. The second-order valence-corrected chi connectivity index (χ2v) is 14.0. The second kappa shape index (κ2) is 15.3. The molecule has 0 aliphatic carbocycles. The van der Waals surface area contributed by atoms with E-state index in [1.807, 2.05) is 0 Å². The predicted molar refractivity (Wildman–Crippen MR) is 197 cm³/mol. The van der Waals surface area contributed by atoms with Gasteiger partial charge in [-0.15, -0.1) is 0 Å². The first-order valence-corrected chi connectivity index (χ1v) is 18.2. The van der Waals surface area contributed by atoms with Crippen molar-refractivity contribution < 1.29 is 46.2 Å². The Morgan fingerprint density at radius 1 is 0.849 bits per heavy atom. The van der Waals surface area contributed by atoms with Gasteiger partial charge in [0.2, 0.25) is 16.9 Å². The molecule has 0 radical (unpaired) electrons. The monoisotopic (exact) mass is 763 g/mol. The Bertz CT molecular complexity index is 2470. The highest BCUT2D eigenvalue weighted by Crippen LogP contribution is 2.44. The van der Waals surface area contributed by atoms with Gasteiger partial charge in [0, 0.05) is 35.6 Å². The minimum atomic E-state index is -4.20. The van der Waals surface area contributed by atoms with Crippen molar-refractivity contribution in [3.63, 3.8) is 0 Å². The van der Waals surface area contributed by atoms with Crippen LogP contribution < -0.4 is 33.8 Å². The van der Waals surface area contributed by atoms with Crippen LogP contribution in [0.4, 0.5) is 5.69 Å². The van der Waals surface area contributed by atoms with Crippen molar-refractivity contribution in [2.45, 2.75) is 16.5 Å². The molecule has 0 unspecified atom stereocenters. The summed E-state index contributed by atoms with van der Waals surface area (Å²) in [6, 6.07) is 17.8. The smallest absolute Gasteiger partial charge is 0.270 e. The number of nitro benzene ring substituents is 1. The number of ether oxygens (including phenoxy) is 6. The number of para-hydroxylation sites is 2. The molecule has 17 heteroatoms. The number of hydrogen-bond donors (Lipinski definition) is 0. The number of non-ortho nitro benzene ring substituents is 1. The number of methoxy groups -OCH3 is 5. The van der Waals surface area contributed by atoms with E-state index in [0.29, 0.717) is 51.8 Å². The summed E-state index contributed by atoms with van der Waals surface area (Å²) in [4.78, 5) is 29.1. The maximum atomic E-state index is 14.2. The fourth-order valence-electron chi connectivity index (χ4n) is 5.60. The van der Waals surface area contributed by atoms with Gasteiger partial charge in [-0.05, 0) is 42.8 Å². The minimum absolute atomic E-state index is 0.0223. The van der Waals surface area contributed by atoms with Gasteiger partial charge in [-0.25, -0.2) is 17.4 Å². The van der Waals surface area contributed by atoms with Gasteiger partial charge in [0.05, 0.1) is 63.0 Å². The molecule has 6 aromatic rings. The third-order valence-electron chi connectivity index (χ3n) is 8.12. The number of nitro groups is 1. The van der Waals surface area contributed by atoms with Crippen LogP contribution in [0.3, 0.4) is 0 Å². The molecule has 6 rings (SSSR count). The molecule has 0 spiro atoms. The van der Waals surface area contributed by atoms with E-state index in [1.54, 1.807) is 48.5 Å². The Balaban J connectivity index is 1.32. The van der Waals surface area contributed by atoms with E-state index in [-0.39, 0.29) is 50.6 Å². The van der Waals surface area contributed by atoms with Gasteiger partial charge in [-0.2, -0.15) is 0 Å². The van der Waals surface area contributed by atoms with Crippen LogP contribution in [0.1, 0.15) is 6.42 Å². The molecule has 0 saturated heterocycles. The van der Waals surface area contributed by atoms with E-state index in [2.05, 4.69) is 4.98 Å². The first kappa shape index (κ1) is 36.8. The minimum Gasteiger partial charge on any atom is -0.496 e. The zero-order chi connectivity index (χ0) is 37.9. The van der Waals surface area contributed by atoms with Crippen molar-refractivity contribution in [1.82, 2.24) is 8.96 Å². The first-order valence-electron chi connectivity index (χ1n) is 15.8. The van der Waals surface area contributed by atoms with Gasteiger partial charge >= 0.3 is 0 Å². The fourth-order valence-corrected chi connectivity index (χ4v) is 8.23. The number of aromatic nitrogens is 2. The molecule has 2 aromatic heterocycles. The lowest BCUT2D eigenvalue weighted by Gasteiger charge is -2.17. The van der Waals surface area contributed by atoms with Crippen molar-refractivity contribution in [1.29, 1.82) is 0 Å². The Kier molecular flexibility index (Phi) is 10.7. The maximum Gasteiger partial charge on any atom is 0.270 e. The molecule has 2 heterocycles. The zero-order valence-corrected chi connectivity index (χ0v) is 30.7. The summed E-state index contributed by atoms with van der Waals surface area (Å²) in [6.07, 6.45) is 0.345. The van der Waals surface area contributed by atoms with E-state index in [4.69, 9.17) is 32.8 Å². The third-order valence-corrected chi connectivity index (χ3v) is 11.0. The van der Waals surface area contributed by atoms with E-state index in [1.165, 1.54) is 59.4 Å². The fraction of sp³-hybridized carbons (Fsp3) is 0.222. The van der Waals surface area contributed by atoms with Gasteiger partial charge in [0.25, 0.3) is 15.7 Å². The second-order valence-electron chi connectivity index (χ2n) is 11.2. The highest BCUT2D eigenvalue weighted by Gasteiger charge is 2.27. The zero-order valence-electron chi connectivity index (χ0n) is 29.1. The largest absolute Gasteiger partial charge is 0.496 e. The molecule has 0 bridgehead atoms. The molecule has 0 fully saturated rings. The highest BCUT2D eigenvalue weighted by atomic mass is 32.2. The molecule has 4 aromatic carbocycles. The average molecular weight is 764 g/mol. The lowest BCUT2D eigenvalue weighted by molar-refractivity contribution is -0.384. The van der Waals surface area contributed by atoms with Crippen LogP contribution in [0, 0.1) is 10.1 Å². The summed E-state index contributed by atoms with van der Waals surface area (Å²) in [5.41, 5.74) is 0.644. The molecule has 15 nitrogen and oxygen atoms in total. The summed E-state index contributed by atoms with van der Waals surface area (Å²) in [5.74, 6) is 1.92. The number of nitrogens with zero attached hydrogens (tertiary/aromatic N) is 3. The van der Waals surface area contributed by atoms with Gasteiger partial charge in [0.1, 0.15) is 22.5 Å². The normalized spacial score (nSPS) is 11.4. The Morgan fingerprint density at radius 2 is 1.53 bits per heavy atom. The van der Waals surface area contributed by atoms with Crippen LogP contribution in [0.5, 0.6) is 34.5 Å². The summed E-state index contributed by atoms with van der Waals surface area (Å²) in [5, 5.41) is 11.5. The average Bonchev–Trinajstić information content (AvgIpc) is 3.56. The van der Waals surface area contributed by atoms with E-state index in [0.717, 1.165) is 16.1 Å². The molecular formula is C36H33N3O12S2. The quantitative estimate of drug-likeness (QED) is 0.0475. The van der Waals surface area contributed by atoms with Crippen molar-refractivity contribution >= 4 is 49.5 Å². The predicted octanol–water partition coefficient (Wildman–Crippen LogP) is 6.56. The topological polar surface area (TPSA) is 181 Å². The van der Waals surface area contributed by atoms with Gasteiger partial charge in [0.15, 0.2) is 22.4 Å². The van der Waals surface area contributed by atoms with Crippen molar-refractivity contribution in [2.24, 2.45) is 0 Å². The van der Waals surface area contributed by atoms with E-state index in [9.17, 15) is 23.3 Å². The van der Waals surface area contributed by atoms with Crippen molar-refractivity contribution in [3.05, 3.63) is 93.1 Å². The number of fused-ring (bicyclic) bond motifs is 2. The lowest BCUT2D eigenvalue weighted by Crippen LogP contribution is -2.15. The summed E-state index contributed by atoms with van der Waals surface area (Å²) in [6.45, 7) is 0.0223. The first-order chi connectivity index (χ1) is 25.6. The van der Waals surface area contributed by atoms with Crippen LogP contribution in [0.25, 0.3) is 33.3 Å². The summed E-state index contributed by atoms with van der Waals surface area (Å²) < 4.78 is 68.8. The van der Waals surface area contributed by atoms with Crippen molar-refractivity contribution in [3.8, 4) is 45.8 Å². The molecule has 0 aliphatic heterocycles. The van der Waals surface area contributed by atoms with Crippen LogP contribution in [0.2, 0.25) is 0 Å². The van der Waals surface area contributed by atoms with Crippen molar-refractivity contribution in [2.75, 3.05) is 47.9 Å². The molecule has 0 aliphatic rings. The number of imidazole rings is 1. The Morgan fingerprint density at radius 3 is 2.15 bits per heavy atom. The molecule has 0 atom stereocenters. The molecular weight excluding hydrogens is 731 g/mol. The molecule has 0 N–H and O–H groups in total. The van der Waals surface area contributed by atoms with Gasteiger partial charge < -0.3 is 32.8 Å². The van der Waals surface area contributed by atoms with Gasteiger partial charge in [-0.3, -0.25) is 14.9 Å². The number of thioether (sulfide) groups is 1. The lowest BCUT2D eigenvalue weighted by atomic mass is 10.1. The molecule has 0 saturated carbocycles. The maximum absolute atomic E-state index is 14.2. The standard InChI is InChI=1S/C36H33N3O12S2/c1-45-23-19-27(46-2)31-28(20-23)51-33(21-17-29(47-3)34(49-5)30(18-21)48-4)35(32(31)40)50-15-8-16-52-36-37-25-9-6-7-10-26(25)38(36)53(43,44)24-13-11-22(12-14-24)39(41)42/h6-7,9-14,17-20H,8,15-16H2,1-5H3. The highest BCUT2D eigenvalue weighted by molar-refractivity contribution is 8.00. The van der Waals surface area contributed by atoms with Crippen LogP contribution >= 0.6 is 11.8 Å². The Hall–Kier alpha value is -5.94. The van der Waals surface area contributed by atoms with Crippen LogP contribution in [-0.4, -0.2) is 70.2 Å². The van der Waals surface area contributed by atoms with E-state index >= 15 is 0 Å². The summed E-state index contributed by atoms with van der Waals surface area (Å²) in [7, 11) is 3.11. The molecule has 0 amide bonds. The van der Waals surface area contributed by atoms with E-state index < -0.39 is 20.4 Å². The van der Waals surface area contributed by atoms with Gasteiger partial charge in [-0.1, -0.05) is 23.9 Å². The summed E-state index contributed by atoms with van der Waals surface area (Å²) >= 11 is 1.17. The Labute approximate surface area is 307 Å². The van der Waals surface area contributed by atoms with Crippen LogP contribution in [-0.2, 0) is 10.0 Å². The molecule has 53 heavy (non-hydrogen) atoms.